The van der Waals surface area contributed by atoms with Crippen molar-refractivity contribution < 1.29 is 23.1 Å². The van der Waals surface area contributed by atoms with Gasteiger partial charge in [0.1, 0.15) is 11.4 Å². The molecular formula is C26H23F2N5O3S. The Bertz CT molecular complexity index is 1410. The van der Waals surface area contributed by atoms with E-state index in [2.05, 4.69) is 32.3 Å². The fourth-order valence-electron chi connectivity index (χ4n) is 4.03. The lowest BCUT2D eigenvalue weighted by molar-refractivity contribution is -0.119. The normalized spacial score (nSPS) is 15.4. The van der Waals surface area contributed by atoms with Gasteiger partial charge in [-0.2, -0.15) is 0 Å². The second-order valence-electron chi connectivity index (χ2n) is 8.75. The summed E-state index contributed by atoms with van der Waals surface area (Å²) in [5.41, 5.74) is 0.899. The number of ether oxygens (including phenoxy) is 1. The summed E-state index contributed by atoms with van der Waals surface area (Å²) in [5.74, 6) is 6.15. The summed E-state index contributed by atoms with van der Waals surface area (Å²) in [6.45, 7) is 0.537. The van der Waals surface area contributed by atoms with Gasteiger partial charge in [0.25, 0.3) is 12.3 Å². The Morgan fingerprint density at radius 1 is 1.22 bits per heavy atom. The average molecular weight is 524 g/mol. The fraction of sp³-hybridized carbons (Fsp3) is 0.346. The van der Waals surface area contributed by atoms with Gasteiger partial charge in [0, 0.05) is 41.3 Å². The smallest absolute Gasteiger partial charge is 0.280 e. The van der Waals surface area contributed by atoms with Gasteiger partial charge in [-0.25, -0.2) is 8.78 Å². The van der Waals surface area contributed by atoms with Crippen LogP contribution in [0, 0.1) is 17.8 Å². The number of hydrogen-bond acceptors (Lipinski definition) is 7. The lowest BCUT2D eigenvalue weighted by atomic mass is 9.96. The van der Waals surface area contributed by atoms with Gasteiger partial charge in [-0.15, -0.1) is 10.2 Å². The highest BCUT2D eigenvalue weighted by Crippen LogP contribution is 2.37. The Labute approximate surface area is 216 Å². The number of piperidine rings is 1. The van der Waals surface area contributed by atoms with Crippen molar-refractivity contribution in [2.24, 2.45) is 5.92 Å². The number of carbonyl (C=O) groups excluding carboxylic acids is 2. The van der Waals surface area contributed by atoms with E-state index in [4.69, 9.17) is 4.74 Å². The first-order chi connectivity index (χ1) is 17.9. The predicted molar refractivity (Wildman–Crippen MR) is 135 cm³/mol. The standard InChI is InChI=1S/C26H23F2N5O3S/c1-36-21-14-29-20(24(27)28)13-19(21)18-12-16(33-11-3-2-4-23(33)34)8-9-17(18)25(35)30-26-32-31-22(37-26)10-7-15-5-6-15/h8-9,12-15,24H,2-6,11H2,1H3,(H,30,32,35). The third-order valence-corrected chi connectivity index (χ3v) is 6.87. The first-order valence-corrected chi connectivity index (χ1v) is 12.7. The Morgan fingerprint density at radius 3 is 2.78 bits per heavy atom. The lowest BCUT2D eigenvalue weighted by Crippen LogP contribution is -2.35. The second kappa shape index (κ2) is 10.6. The van der Waals surface area contributed by atoms with Crippen molar-refractivity contribution in [3.8, 4) is 28.7 Å². The summed E-state index contributed by atoms with van der Waals surface area (Å²) in [5, 5.41) is 11.5. The molecule has 0 atom stereocenters. The number of rotatable bonds is 6. The molecule has 0 unspecified atom stereocenters. The summed E-state index contributed by atoms with van der Waals surface area (Å²) in [6, 6.07) is 6.10. The van der Waals surface area contributed by atoms with Crippen LogP contribution in [0.3, 0.4) is 0 Å². The molecule has 0 bridgehead atoms. The van der Waals surface area contributed by atoms with Crippen LogP contribution in [0.1, 0.15) is 59.6 Å². The Kier molecular flexibility index (Phi) is 7.10. The number of nitrogens with zero attached hydrogens (tertiary/aromatic N) is 4. The van der Waals surface area contributed by atoms with E-state index in [0.717, 1.165) is 37.0 Å². The zero-order chi connectivity index (χ0) is 25.9. The number of methoxy groups -OCH3 is 1. The minimum Gasteiger partial charge on any atom is -0.494 e. The van der Waals surface area contributed by atoms with Crippen molar-refractivity contribution in [3.63, 3.8) is 0 Å². The summed E-state index contributed by atoms with van der Waals surface area (Å²) in [7, 11) is 1.39. The molecule has 1 aromatic carbocycles. The molecule has 3 heterocycles. The zero-order valence-electron chi connectivity index (χ0n) is 20.0. The fourth-order valence-corrected chi connectivity index (χ4v) is 4.63. The third-order valence-electron chi connectivity index (χ3n) is 6.11. The van der Waals surface area contributed by atoms with Gasteiger partial charge in [-0.1, -0.05) is 17.3 Å². The predicted octanol–water partition coefficient (Wildman–Crippen LogP) is 5.08. The Balaban J connectivity index is 1.53. The molecule has 5 rings (SSSR count). The summed E-state index contributed by atoms with van der Waals surface area (Å²) in [4.78, 5) is 31.3. The summed E-state index contributed by atoms with van der Waals surface area (Å²) in [6.07, 6.45) is 2.65. The molecule has 1 aliphatic heterocycles. The van der Waals surface area contributed by atoms with Crippen molar-refractivity contribution in [1.29, 1.82) is 0 Å². The highest BCUT2D eigenvalue weighted by atomic mass is 32.1. The highest BCUT2D eigenvalue weighted by Gasteiger charge is 2.25. The van der Waals surface area contributed by atoms with Crippen LogP contribution in [-0.2, 0) is 4.79 Å². The van der Waals surface area contributed by atoms with Gasteiger partial charge in [0.05, 0.1) is 13.3 Å². The molecule has 2 amide bonds. The number of pyridine rings is 1. The Hall–Kier alpha value is -3.91. The first-order valence-electron chi connectivity index (χ1n) is 11.9. The maximum absolute atomic E-state index is 13.5. The third kappa shape index (κ3) is 5.59. The number of amides is 2. The number of benzene rings is 1. The topological polar surface area (TPSA) is 97.3 Å². The van der Waals surface area contributed by atoms with Crippen molar-refractivity contribution >= 4 is 34.0 Å². The van der Waals surface area contributed by atoms with E-state index in [-0.39, 0.29) is 27.9 Å². The minimum absolute atomic E-state index is 0.0296. The summed E-state index contributed by atoms with van der Waals surface area (Å²) >= 11 is 1.15. The molecule has 1 saturated heterocycles. The number of carbonyl (C=O) groups is 2. The van der Waals surface area contributed by atoms with Crippen molar-refractivity contribution in [2.45, 2.75) is 38.5 Å². The van der Waals surface area contributed by atoms with Crippen molar-refractivity contribution in [2.75, 3.05) is 23.9 Å². The van der Waals surface area contributed by atoms with E-state index < -0.39 is 18.0 Å². The number of alkyl halides is 2. The van der Waals surface area contributed by atoms with Crippen LogP contribution in [0.4, 0.5) is 19.6 Å². The largest absolute Gasteiger partial charge is 0.494 e. The molecule has 37 heavy (non-hydrogen) atoms. The maximum atomic E-state index is 13.5. The van der Waals surface area contributed by atoms with Crippen molar-refractivity contribution in [1.82, 2.24) is 15.2 Å². The molecule has 1 saturated carbocycles. The number of hydrogen-bond donors (Lipinski definition) is 1. The summed E-state index contributed by atoms with van der Waals surface area (Å²) < 4.78 is 32.4. The van der Waals surface area contributed by atoms with Crippen molar-refractivity contribution in [3.05, 3.63) is 46.7 Å². The van der Waals surface area contributed by atoms with Gasteiger partial charge < -0.3 is 9.64 Å². The molecule has 2 fully saturated rings. The molecule has 2 aliphatic rings. The number of aromatic nitrogens is 3. The lowest BCUT2D eigenvalue weighted by Gasteiger charge is -2.27. The van der Waals surface area contributed by atoms with E-state index >= 15 is 0 Å². The van der Waals surface area contributed by atoms with Crippen LogP contribution in [0.2, 0.25) is 0 Å². The van der Waals surface area contributed by atoms with Gasteiger partial charge >= 0.3 is 0 Å². The molecule has 190 valence electrons. The molecule has 11 heteroatoms. The Morgan fingerprint density at radius 2 is 2.05 bits per heavy atom. The number of anilines is 2. The quantitative estimate of drug-likeness (QED) is 0.453. The van der Waals surface area contributed by atoms with Crippen LogP contribution in [0.5, 0.6) is 5.75 Å². The molecule has 1 N–H and O–H groups in total. The number of nitrogens with one attached hydrogen (secondary N) is 1. The SMILES string of the molecule is COc1cnc(C(F)F)cc1-c1cc(N2CCCCC2=O)ccc1C(=O)Nc1nnc(C#CC2CC2)s1. The molecule has 8 nitrogen and oxygen atoms in total. The maximum Gasteiger partial charge on any atom is 0.280 e. The minimum atomic E-state index is -2.81. The van der Waals surface area contributed by atoms with Gasteiger partial charge in [-0.3, -0.25) is 19.9 Å². The molecule has 0 radical (unpaired) electrons. The monoisotopic (exact) mass is 523 g/mol. The van der Waals surface area contributed by atoms with Crippen LogP contribution < -0.4 is 15.0 Å². The molecule has 2 aromatic heterocycles. The highest BCUT2D eigenvalue weighted by molar-refractivity contribution is 7.15. The van der Waals surface area contributed by atoms with E-state index in [9.17, 15) is 18.4 Å². The van der Waals surface area contributed by atoms with Gasteiger partial charge in [0.2, 0.25) is 11.0 Å². The molecular weight excluding hydrogens is 500 g/mol. The second-order valence-corrected chi connectivity index (χ2v) is 9.73. The zero-order valence-corrected chi connectivity index (χ0v) is 20.8. The van der Waals surface area contributed by atoms with Crippen LogP contribution in [-0.4, -0.2) is 40.7 Å². The van der Waals surface area contributed by atoms with Crippen LogP contribution in [0.25, 0.3) is 11.1 Å². The molecule has 0 spiro atoms. The first kappa shape index (κ1) is 24.8. The van der Waals surface area contributed by atoms with Gasteiger partial charge in [-0.05, 0) is 55.9 Å². The van der Waals surface area contributed by atoms with Crippen LogP contribution >= 0.6 is 11.3 Å². The number of halogens is 2. The van der Waals surface area contributed by atoms with Crippen LogP contribution in [0.15, 0.2) is 30.5 Å². The van der Waals surface area contributed by atoms with E-state index in [1.165, 1.54) is 19.4 Å². The van der Waals surface area contributed by atoms with E-state index in [1.807, 2.05) is 0 Å². The molecule has 1 aliphatic carbocycles. The van der Waals surface area contributed by atoms with Gasteiger partial charge in [0.15, 0.2) is 5.01 Å². The average Bonchev–Trinajstić information content (AvgIpc) is 3.64. The van der Waals surface area contributed by atoms with E-state index in [0.29, 0.717) is 35.1 Å². The molecule has 3 aromatic rings. The van der Waals surface area contributed by atoms with E-state index in [1.54, 1.807) is 23.1 Å².